The van der Waals surface area contributed by atoms with Gasteiger partial charge in [0.2, 0.25) is 0 Å². The van der Waals surface area contributed by atoms with Gasteiger partial charge in [-0.2, -0.15) is 10.2 Å². The molecule has 2 N–H and O–H groups in total. The summed E-state index contributed by atoms with van der Waals surface area (Å²) in [6, 6.07) is 45.5. The van der Waals surface area contributed by atoms with Gasteiger partial charge in [0.05, 0.1) is 65.4 Å². The van der Waals surface area contributed by atoms with Gasteiger partial charge in [0, 0.05) is 36.6 Å². The molecular weight excluding hydrogens is 1130 g/mol. The molecule has 7 atom stereocenters. The second kappa shape index (κ2) is 28.2. The van der Waals surface area contributed by atoms with Gasteiger partial charge in [0.15, 0.2) is 17.0 Å². The number of hydrogen-bond acceptors (Lipinski definition) is 19. The molecule has 5 aromatic carbocycles. The van der Waals surface area contributed by atoms with Crippen LogP contribution < -0.4 is 25.8 Å². The number of anilines is 2. The molecule has 8 aromatic rings. The van der Waals surface area contributed by atoms with Crippen LogP contribution in [0.5, 0.6) is 11.5 Å². The monoisotopic (exact) mass is 1190 g/mol. The number of aromatic nitrogens is 6. The fourth-order valence-corrected chi connectivity index (χ4v) is 11.1. The van der Waals surface area contributed by atoms with Gasteiger partial charge >= 0.3 is 20.3 Å². The van der Waals surface area contributed by atoms with Gasteiger partial charge in [0.25, 0.3) is 11.8 Å². The fraction of sp³-hybridized carbons (Fsp3) is 0.290. The third kappa shape index (κ3) is 14.2. The van der Waals surface area contributed by atoms with E-state index in [4.69, 9.17) is 42.0 Å². The number of amides is 2. The average Bonchev–Trinajstić information content (AvgIpc) is 1.30. The highest BCUT2D eigenvalue weighted by molar-refractivity contribution is 7.41. The summed E-state index contributed by atoms with van der Waals surface area (Å²) in [5.74, 6) is -0.316. The van der Waals surface area contributed by atoms with Crippen LogP contribution >= 0.6 is 8.60 Å². The van der Waals surface area contributed by atoms with Crippen molar-refractivity contribution in [2.45, 2.75) is 81.5 Å². The first-order valence-corrected chi connectivity index (χ1v) is 28.6. The quantitative estimate of drug-likeness (QED) is 0.0221. The third-order valence-electron chi connectivity index (χ3n) is 14.3. The molecular formula is C62H60N9O14P. The zero-order valence-electron chi connectivity index (χ0n) is 47.0. The lowest BCUT2D eigenvalue weighted by atomic mass is 9.80. The minimum atomic E-state index is -2.42. The number of benzene rings is 5. The summed E-state index contributed by atoms with van der Waals surface area (Å²) in [5, 5.41) is 15.2. The molecule has 5 heterocycles. The van der Waals surface area contributed by atoms with Gasteiger partial charge in [-0.1, -0.05) is 91.0 Å². The van der Waals surface area contributed by atoms with E-state index in [2.05, 4.69) is 36.6 Å². The van der Waals surface area contributed by atoms with E-state index in [1.807, 2.05) is 84.9 Å². The minimum Gasteiger partial charge on any atom is -0.497 e. The molecule has 3 aromatic heterocycles. The predicted molar refractivity (Wildman–Crippen MR) is 312 cm³/mol. The summed E-state index contributed by atoms with van der Waals surface area (Å²) in [5.41, 5.74) is 1.64. The molecule has 2 aliphatic rings. The second-order valence-corrected chi connectivity index (χ2v) is 21.0. The van der Waals surface area contributed by atoms with Crippen molar-refractivity contribution in [3.05, 3.63) is 203 Å². The molecule has 10 rings (SSSR count). The number of imidazole rings is 1. The van der Waals surface area contributed by atoms with Crippen LogP contribution in [0, 0.1) is 11.3 Å². The van der Waals surface area contributed by atoms with Gasteiger partial charge in [-0.3, -0.25) is 23.5 Å². The Morgan fingerprint density at radius 2 is 1.27 bits per heavy atom. The largest absolute Gasteiger partial charge is 0.497 e. The highest BCUT2D eigenvalue weighted by Crippen LogP contribution is 2.49. The van der Waals surface area contributed by atoms with E-state index >= 15 is 0 Å². The Hall–Kier alpha value is -9.11. The molecule has 0 bridgehead atoms. The van der Waals surface area contributed by atoms with Crippen molar-refractivity contribution in [3.63, 3.8) is 0 Å². The first-order valence-electron chi connectivity index (χ1n) is 27.5. The van der Waals surface area contributed by atoms with Crippen molar-refractivity contribution in [2.75, 3.05) is 44.7 Å². The Kier molecular flexibility index (Phi) is 19.7. The number of carbonyl (C=O) groups is 4. The molecule has 2 aliphatic heterocycles. The van der Waals surface area contributed by atoms with E-state index in [0.29, 0.717) is 33.8 Å². The lowest BCUT2D eigenvalue weighted by Crippen LogP contribution is -2.38. The minimum absolute atomic E-state index is 0.00290. The van der Waals surface area contributed by atoms with Crippen molar-refractivity contribution in [2.24, 2.45) is 0 Å². The zero-order chi connectivity index (χ0) is 60.0. The number of methoxy groups -OCH3 is 2. The van der Waals surface area contributed by atoms with E-state index in [9.17, 15) is 29.2 Å². The number of ketones is 1. The number of rotatable bonds is 26. The lowest BCUT2D eigenvalue weighted by molar-refractivity contribution is -0.153. The second-order valence-electron chi connectivity index (χ2n) is 19.9. The zero-order valence-corrected chi connectivity index (χ0v) is 47.9. The third-order valence-corrected chi connectivity index (χ3v) is 15.5. The summed E-state index contributed by atoms with van der Waals surface area (Å²) in [6.45, 7) is 0.806. The van der Waals surface area contributed by atoms with Crippen LogP contribution in [0.15, 0.2) is 169 Å². The molecule has 0 radical (unpaired) electrons. The van der Waals surface area contributed by atoms with Crippen molar-refractivity contribution >= 4 is 55.0 Å². The van der Waals surface area contributed by atoms with Gasteiger partial charge in [-0.15, -0.1) is 0 Å². The van der Waals surface area contributed by atoms with Gasteiger partial charge in [-0.05, 0) is 78.2 Å². The first kappa shape index (κ1) is 60.0. The van der Waals surface area contributed by atoms with Crippen molar-refractivity contribution in [1.29, 1.82) is 5.26 Å². The molecule has 0 spiro atoms. The van der Waals surface area contributed by atoms with Crippen LogP contribution in [0.25, 0.3) is 11.2 Å². The van der Waals surface area contributed by atoms with Crippen molar-refractivity contribution in [1.82, 2.24) is 29.1 Å². The molecule has 2 fully saturated rings. The van der Waals surface area contributed by atoms with Crippen molar-refractivity contribution < 1.29 is 61.2 Å². The van der Waals surface area contributed by atoms with Crippen LogP contribution in [0.4, 0.5) is 11.6 Å². The summed E-state index contributed by atoms with van der Waals surface area (Å²) in [4.78, 5) is 82.7. The van der Waals surface area contributed by atoms with Crippen LogP contribution in [-0.2, 0) is 47.7 Å². The van der Waals surface area contributed by atoms with Crippen LogP contribution in [0.2, 0.25) is 0 Å². The number of hydrogen-bond donors (Lipinski definition) is 2. The maximum Gasteiger partial charge on any atom is 0.351 e. The number of carbonyl (C=O) groups excluding carboxylic acids is 4. The van der Waals surface area contributed by atoms with E-state index < -0.39 is 74.5 Å². The van der Waals surface area contributed by atoms with Crippen LogP contribution in [-0.4, -0.2) is 111 Å². The molecule has 24 heteroatoms. The number of nitriles is 1. The Morgan fingerprint density at radius 3 is 1.87 bits per heavy atom. The normalized spacial score (nSPS) is 18.6. The van der Waals surface area contributed by atoms with Crippen molar-refractivity contribution in [3.8, 4) is 17.6 Å². The van der Waals surface area contributed by atoms with Gasteiger partial charge in [-0.25, -0.2) is 19.7 Å². The Labute approximate surface area is 495 Å². The molecule has 442 valence electrons. The summed E-state index contributed by atoms with van der Waals surface area (Å²) in [7, 11) is 0.766. The molecule has 2 saturated heterocycles. The maximum atomic E-state index is 13.6. The van der Waals surface area contributed by atoms with Crippen LogP contribution in [0.1, 0.15) is 88.9 Å². The Bertz CT molecular complexity index is 3680. The fourth-order valence-electron chi connectivity index (χ4n) is 9.98. The number of nitrogens with zero attached hydrogens (tertiary/aromatic N) is 7. The SMILES string of the molecule is COc1ccc(C(OC[C@H]2O[C@@H](n3cnc4c(NC(=O)c5ccccc5)ncnc43)C[C@@H]2OP(OCCC#N)OC[C@H]2O[C@@H](n3ccc(NC(=O)c4ccccc4)nc3=O)C[C@@H]2OC(=O)CCC(C)=O)(c2ccccc2)c2ccc(OC)cc2)cc1. The number of Topliss-reactive ketones (excluding diaryl/α,β-unsaturated/α-hetero) is 1. The highest BCUT2D eigenvalue weighted by Gasteiger charge is 2.46. The topological polar surface area (TPSA) is 278 Å². The Balaban J connectivity index is 0.963. The lowest BCUT2D eigenvalue weighted by Gasteiger charge is -2.37. The number of fused-ring (bicyclic) bond motifs is 1. The standard InChI is InChI=1S/C62H60N9O14P/c1-40(72)20-29-55(73)84-48-34-53(70-32-30-52(68-61(70)76)67-59(74)41-14-7-4-8-15-41)83-51(48)37-81-86(80-33-13-31-63)85-49-35-54(71-39-66-56-57(64-38-65-58(56)71)69-60(75)42-16-9-5-10-17-42)82-50(49)36-79-62(43-18-11-6-12-19-43,44-21-25-46(77-2)26-22-44)45-23-27-47(78-3)28-24-45/h4-12,14-19,21-28,30,32,38-39,48-51,53-54H,13,20,29,33-37H2,1-3H3,(H,64,65,69,75)(H,67,68,74,76)/t48-,49-,50+,51+,53+,54+,86?/m0/s1. The first-order chi connectivity index (χ1) is 41.9. The van der Waals surface area contributed by atoms with E-state index in [0.717, 1.165) is 16.7 Å². The predicted octanol–water partition coefficient (Wildman–Crippen LogP) is 9.03. The summed E-state index contributed by atoms with van der Waals surface area (Å²) >= 11 is 0. The maximum absolute atomic E-state index is 13.6. The summed E-state index contributed by atoms with van der Waals surface area (Å²) < 4.78 is 60.4. The summed E-state index contributed by atoms with van der Waals surface area (Å²) in [6.07, 6.45) is -1.68. The molecule has 2 amide bonds. The van der Waals surface area contributed by atoms with Crippen LogP contribution in [0.3, 0.4) is 0 Å². The molecule has 86 heavy (non-hydrogen) atoms. The number of ether oxygens (including phenoxy) is 6. The molecule has 23 nitrogen and oxygen atoms in total. The molecule has 0 saturated carbocycles. The average molecular weight is 1190 g/mol. The molecule has 0 aliphatic carbocycles. The smallest absolute Gasteiger partial charge is 0.351 e. The highest BCUT2D eigenvalue weighted by atomic mass is 31.2. The van der Waals surface area contributed by atoms with E-state index in [1.165, 1.54) is 36.4 Å². The Morgan fingerprint density at radius 1 is 0.686 bits per heavy atom. The molecule has 1 unspecified atom stereocenters. The van der Waals surface area contributed by atoms with E-state index in [-0.39, 0.29) is 69.3 Å². The van der Waals surface area contributed by atoms with E-state index in [1.54, 1.807) is 73.4 Å². The number of nitrogens with one attached hydrogen (secondary N) is 2. The van der Waals surface area contributed by atoms with Gasteiger partial charge < -0.3 is 57.4 Å². The van der Waals surface area contributed by atoms with Gasteiger partial charge in [0.1, 0.15) is 65.8 Å². The number of esters is 1.